The van der Waals surface area contributed by atoms with Crippen LogP contribution in [-0.4, -0.2) is 49.1 Å². The van der Waals surface area contributed by atoms with Crippen LogP contribution in [0.15, 0.2) is 24.3 Å². The summed E-state index contributed by atoms with van der Waals surface area (Å²) in [7, 11) is 0. The third-order valence-electron chi connectivity index (χ3n) is 5.28. The van der Waals surface area contributed by atoms with Crippen LogP contribution >= 0.6 is 0 Å². The molecule has 2 aliphatic heterocycles. The maximum Gasteiger partial charge on any atom is 0.242 e. The molecule has 1 N–H and O–H groups in total. The summed E-state index contributed by atoms with van der Waals surface area (Å²) in [6.07, 6.45) is 2.99. The number of piperazine rings is 1. The number of nitrogens with zero attached hydrogens (tertiary/aromatic N) is 2. The highest BCUT2D eigenvalue weighted by molar-refractivity contribution is 5.87. The van der Waals surface area contributed by atoms with Crippen LogP contribution in [0.4, 0.5) is 5.69 Å². The largest absolute Gasteiger partial charge is 0.368 e. The standard InChI is InChI=1S/C18H27N3O/c1-3-18(9-6-10-19-18)17(22)21-13-11-20(12-14-21)16-8-5-4-7-15(16)2/h4-5,7-8,19H,3,6,9-14H2,1-2H3. The second-order valence-electron chi connectivity index (χ2n) is 6.53. The molecule has 1 unspecified atom stereocenters. The molecule has 1 aromatic rings. The second-order valence-corrected chi connectivity index (χ2v) is 6.53. The molecule has 0 radical (unpaired) electrons. The van der Waals surface area contributed by atoms with Gasteiger partial charge in [-0.3, -0.25) is 4.79 Å². The van der Waals surface area contributed by atoms with Crippen molar-refractivity contribution in [2.24, 2.45) is 0 Å². The lowest BCUT2D eigenvalue weighted by atomic mass is 9.92. The Kier molecular flexibility index (Phi) is 4.39. The number of nitrogens with one attached hydrogen (secondary N) is 1. The van der Waals surface area contributed by atoms with Gasteiger partial charge in [-0.1, -0.05) is 25.1 Å². The third-order valence-corrected chi connectivity index (χ3v) is 5.28. The Labute approximate surface area is 133 Å². The van der Waals surface area contributed by atoms with E-state index in [2.05, 4.69) is 53.2 Å². The van der Waals surface area contributed by atoms with E-state index >= 15 is 0 Å². The van der Waals surface area contributed by atoms with Gasteiger partial charge in [0.2, 0.25) is 5.91 Å². The normalized spacial score (nSPS) is 25.5. The number of benzene rings is 1. The number of hydrogen-bond donors (Lipinski definition) is 1. The van der Waals surface area contributed by atoms with E-state index in [1.165, 1.54) is 11.3 Å². The zero-order valence-electron chi connectivity index (χ0n) is 13.8. The minimum Gasteiger partial charge on any atom is -0.368 e. The highest BCUT2D eigenvalue weighted by Gasteiger charge is 2.42. The molecule has 3 rings (SSSR count). The maximum atomic E-state index is 12.9. The quantitative estimate of drug-likeness (QED) is 0.929. The highest BCUT2D eigenvalue weighted by Crippen LogP contribution is 2.27. The summed E-state index contributed by atoms with van der Waals surface area (Å²) < 4.78 is 0. The van der Waals surface area contributed by atoms with Gasteiger partial charge in [-0.05, 0) is 44.4 Å². The van der Waals surface area contributed by atoms with Crippen LogP contribution in [0.5, 0.6) is 0 Å². The van der Waals surface area contributed by atoms with Gasteiger partial charge in [0, 0.05) is 31.9 Å². The van der Waals surface area contributed by atoms with Crippen molar-refractivity contribution in [1.82, 2.24) is 10.2 Å². The van der Waals surface area contributed by atoms with E-state index in [4.69, 9.17) is 0 Å². The Morgan fingerprint density at radius 2 is 1.95 bits per heavy atom. The molecule has 0 spiro atoms. The summed E-state index contributed by atoms with van der Waals surface area (Å²) >= 11 is 0. The Morgan fingerprint density at radius 3 is 2.55 bits per heavy atom. The molecule has 4 heteroatoms. The smallest absolute Gasteiger partial charge is 0.242 e. The topological polar surface area (TPSA) is 35.6 Å². The summed E-state index contributed by atoms with van der Waals surface area (Å²) in [4.78, 5) is 17.4. The highest BCUT2D eigenvalue weighted by atomic mass is 16.2. The van der Waals surface area contributed by atoms with Gasteiger partial charge >= 0.3 is 0 Å². The van der Waals surface area contributed by atoms with Crippen molar-refractivity contribution in [2.75, 3.05) is 37.6 Å². The zero-order chi connectivity index (χ0) is 15.6. The molecule has 120 valence electrons. The SMILES string of the molecule is CCC1(C(=O)N2CCN(c3ccccc3C)CC2)CCCN1. The van der Waals surface area contributed by atoms with Gasteiger partial charge in [-0.15, -0.1) is 0 Å². The van der Waals surface area contributed by atoms with Gasteiger partial charge in [-0.25, -0.2) is 0 Å². The predicted molar refractivity (Wildman–Crippen MR) is 90.2 cm³/mol. The third kappa shape index (κ3) is 2.72. The Balaban J connectivity index is 1.64. The lowest BCUT2D eigenvalue weighted by Gasteiger charge is -2.40. The van der Waals surface area contributed by atoms with E-state index in [0.29, 0.717) is 5.91 Å². The number of aryl methyl sites for hydroxylation is 1. The molecule has 4 nitrogen and oxygen atoms in total. The maximum absolute atomic E-state index is 12.9. The fourth-order valence-corrected chi connectivity index (χ4v) is 3.81. The molecule has 2 saturated heterocycles. The predicted octanol–water partition coefficient (Wildman–Crippen LogP) is 2.18. The molecular weight excluding hydrogens is 274 g/mol. The van der Waals surface area contributed by atoms with Crippen molar-refractivity contribution in [3.63, 3.8) is 0 Å². The molecule has 1 amide bonds. The molecule has 2 heterocycles. The number of carbonyl (C=O) groups excluding carboxylic acids is 1. The van der Waals surface area contributed by atoms with Crippen molar-refractivity contribution in [3.8, 4) is 0 Å². The number of hydrogen-bond acceptors (Lipinski definition) is 3. The molecule has 0 saturated carbocycles. The number of amides is 1. The molecule has 2 fully saturated rings. The lowest BCUT2D eigenvalue weighted by Crippen LogP contribution is -2.59. The molecular formula is C18H27N3O. The molecule has 0 aromatic heterocycles. The van der Waals surface area contributed by atoms with Crippen molar-refractivity contribution in [3.05, 3.63) is 29.8 Å². The van der Waals surface area contributed by atoms with E-state index in [1.54, 1.807) is 0 Å². The van der Waals surface area contributed by atoms with E-state index in [-0.39, 0.29) is 5.54 Å². The van der Waals surface area contributed by atoms with Crippen molar-refractivity contribution in [2.45, 2.75) is 38.6 Å². The van der Waals surface area contributed by atoms with E-state index in [0.717, 1.165) is 52.0 Å². The summed E-state index contributed by atoms with van der Waals surface area (Å²) in [5.41, 5.74) is 2.33. The van der Waals surface area contributed by atoms with Gasteiger partial charge in [0.25, 0.3) is 0 Å². The molecule has 2 aliphatic rings. The number of carbonyl (C=O) groups is 1. The van der Waals surface area contributed by atoms with Crippen LogP contribution in [0.2, 0.25) is 0 Å². The van der Waals surface area contributed by atoms with E-state index < -0.39 is 0 Å². The Morgan fingerprint density at radius 1 is 1.23 bits per heavy atom. The fraction of sp³-hybridized carbons (Fsp3) is 0.611. The van der Waals surface area contributed by atoms with Crippen LogP contribution < -0.4 is 10.2 Å². The van der Waals surface area contributed by atoms with Gasteiger partial charge in [0.05, 0.1) is 5.54 Å². The first-order valence-corrected chi connectivity index (χ1v) is 8.51. The Bertz CT molecular complexity index is 529. The first kappa shape index (κ1) is 15.3. The summed E-state index contributed by atoms with van der Waals surface area (Å²) in [5, 5.41) is 3.46. The van der Waals surface area contributed by atoms with Crippen molar-refractivity contribution < 1.29 is 4.79 Å². The lowest BCUT2D eigenvalue weighted by molar-refractivity contribution is -0.138. The summed E-state index contributed by atoms with van der Waals surface area (Å²) in [6, 6.07) is 8.50. The molecule has 1 atom stereocenters. The fourth-order valence-electron chi connectivity index (χ4n) is 3.81. The zero-order valence-corrected chi connectivity index (χ0v) is 13.8. The summed E-state index contributed by atoms with van der Waals surface area (Å²) in [6.45, 7) is 8.77. The molecule has 22 heavy (non-hydrogen) atoms. The van der Waals surface area contributed by atoms with Gasteiger partial charge in [-0.2, -0.15) is 0 Å². The number of anilines is 1. The number of para-hydroxylation sites is 1. The van der Waals surface area contributed by atoms with E-state index in [9.17, 15) is 4.79 Å². The second kappa shape index (κ2) is 6.29. The first-order chi connectivity index (χ1) is 10.7. The monoisotopic (exact) mass is 301 g/mol. The average Bonchev–Trinajstić information content (AvgIpc) is 3.05. The van der Waals surface area contributed by atoms with Crippen LogP contribution in [0, 0.1) is 6.92 Å². The van der Waals surface area contributed by atoms with Crippen LogP contribution in [0.25, 0.3) is 0 Å². The molecule has 0 bridgehead atoms. The molecule has 1 aromatic carbocycles. The van der Waals surface area contributed by atoms with Gasteiger partial charge < -0.3 is 15.1 Å². The van der Waals surface area contributed by atoms with E-state index in [1.807, 2.05) is 0 Å². The average molecular weight is 301 g/mol. The van der Waals surface area contributed by atoms with Crippen LogP contribution in [0.1, 0.15) is 31.7 Å². The molecule has 0 aliphatic carbocycles. The number of rotatable bonds is 3. The van der Waals surface area contributed by atoms with Gasteiger partial charge in [0.1, 0.15) is 0 Å². The minimum atomic E-state index is -0.287. The summed E-state index contributed by atoms with van der Waals surface area (Å²) in [5.74, 6) is 0.317. The first-order valence-electron chi connectivity index (χ1n) is 8.51. The van der Waals surface area contributed by atoms with Crippen LogP contribution in [-0.2, 0) is 4.79 Å². The minimum absolute atomic E-state index is 0.287. The van der Waals surface area contributed by atoms with Crippen molar-refractivity contribution >= 4 is 11.6 Å². The van der Waals surface area contributed by atoms with Crippen molar-refractivity contribution in [1.29, 1.82) is 0 Å². The van der Waals surface area contributed by atoms with Crippen LogP contribution in [0.3, 0.4) is 0 Å². The van der Waals surface area contributed by atoms with Gasteiger partial charge in [0.15, 0.2) is 0 Å². The Hall–Kier alpha value is -1.55.